The van der Waals surface area contributed by atoms with E-state index in [4.69, 9.17) is 4.74 Å². The molecule has 0 aliphatic heterocycles. The quantitative estimate of drug-likeness (QED) is 0.617. The number of hydrogen-bond donors (Lipinski definition) is 1. The molecule has 1 aliphatic rings. The van der Waals surface area contributed by atoms with Crippen LogP contribution in [0.5, 0.6) is 0 Å². The Morgan fingerprint density at radius 3 is 2.06 bits per heavy atom. The average molecular weight is 461 g/mol. The molecule has 2 aromatic carbocycles. The van der Waals surface area contributed by atoms with Crippen molar-refractivity contribution in [1.29, 1.82) is 0 Å². The van der Waals surface area contributed by atoms with E-state index < -0.39 is 28.1 Å². The van der Waals surface area contributed by atoms with Gasteiger partial charge in [0.05, 0.1) is 6.26 Å². The molecular weight excluding hydrogens is 432 g/mol. The zero-order valence-corrected chi connectivity index (χ0v) is 19.2. The zero-order chi connectivity index (χ0) is 23.5. The van der Waals surface area contributed by atoms with Gasteiger partial charge in [0, 0.05) is 26.6 Å². The second kappa shape index (κ2) is 9.70. The van der Waals surface area contributed by atoms with E-state index in [1.807, 2.05) is 48.5 Å². The highest BCUT2D eigenvalue weighted by molar-refractivity contribution is 7.88. The minimum absolute atomic E-state index is 0.0976. The van der Waals surface area contributed by atoms with Crippen LogP contribution < -0.4 is 0 Å². The third-order valence-electron chi connectivity index (χ3n) is 5.89. The number of sulfonamides is 1. The fourth-order valence-electron chi connectivity index (χ4n) is 3.98. The Balaban J connectivity index is 1.64. The van der Waals surface area contributed by atoms with Gasteiger partial charge in [-0.3, -0.25) is 4.90 Å². The molecule has 0 saturated heterocycles. The van der Waals surface area contributed by atoms with Crippen LogP contribution in [-0.4, -0.2) is 74.3 Å². The van der Waals surface area contributed by atoms with E-state index in [0.717, 1.165) is 37.7 Å². The molecule has 0 heterocycles. The summed E-state index contributed by atoms with van der Waals surface area (Å²) in [4.78, 5) is 25.4. The van der Waals surface area contributed by atoms with Gasteiger partial charge < -0.3 is 9.84 Å². The highest BCUT2D eigenvalue weighted by Crippen LogP contribution is 2.44. The first-order valence-electron chi connectivity index (χ1n) is 10.3. The van der Waals surface area contributed by atoms with E-state index in [2.05, 4.69) is 0 Å². The number of aliphatic carboxylic acids is 1. The summed E-state index contributed by atoms with van der Waals surface area (Å²) in [5, 5.41) is 9.58. The van der Waals surface area contributed by atoms with Gasteiger partial charge in [-0.2, -0.15) is 0 Å². The Kier molecular flexibility index (Phi) is 7.20. The number of likely N-dealkylation sites (N-methyl/N-ethyl adjacent to an activating group) is 1. The van der Waals surface area contributed by atoms with Crippen LogP contribution in [0.4, 0.5) is 4.79 Å². The summed E-state index contributed by atoms with van der Waals surface area (Å²) in [5.41, 5.74) is 4.36. The number of benzene rings is 2. The van der Waals surface area contributed by atoms with Gasteiger partial charge in [0.1, 0.15) is 12.6 Å². The number of fused-ring (bicyclic) bond motifs is 3. The van der Waals surface area contributed by atoms with Gasteiger partial charge in [-0.05, 0) is 35.1 Å². The molecule has 0 spiro atoms. The predicted octanol–water partition coefficient (Wildman–Crippen LogP) is 2.99. The molecule has 3 rings (SSSR count). The van der Waals surface area contributed by atoms with Crippen LogP contribution in [0.1, 0.15) is 29.9 Å². The molecule has 0 fully saturated rings. The largest absolute Gasteiger partial charge is 0.480 e. The zero-order valence-electron chi connectivity index (χ0n) is 18.4. The number of hydrogen-bond acceptors (Lipinski definition) is 5. The van der Waals surface area contributed by atoms with E-state index in [0.29, 0.717) is 6.42 Å². The molecule has 0 saturated carbocycles. The summed E-state index contributed by atoms with van der Waals surface area (Å²) in [6.45, 7) is 0.265. The van der Waals surface area contributed by atoms with Crippen molar-refractivity contribution in [3.63, 3.8) is 0 Å². The molecular formula is C23H28N2O6S. The van der Waals surface area contributed by atoms with Crippen LogP contribution in [0.25, 0.3) is 11.1 Å². The lowest BCUT2D eigenvalue weighted by molar-refractivity contribution is -0.142. The number of nitrogens with zero attached hydrogens (tertiary/aromatic N) is 2. The first kappa shape index (κ1) is 23.7. The summed E-state index contributed by atoms with van der Waals surface area (Å²) >= 11 is 0. The van der Waals surface area contributed by atoms with Crippen LogP contribution >= 0.6 is 0 Å². The number of rotatable bonds is 9. The molecule has 0 radical (unpaired) electrons. The minimum atomic E-state index is -3.34. The highest BCUT2D eigenvalue weighted by Gasteiger charge is 2.31. The maximum Gasteiger partial charge on any atom is 0.410 e. The lowest BCUT2D eigenvalue weighted by Gasteiger charge is -2.25. The molecule has 1 amide bonds. The number of carboxylic acid groups (broad SMARTS) is 1. The number of carbonyl (C=O) groups is 2. The van der Waals surface area contributed by atoms with Crippen molar-refractivity contribution in [3.05, 3.63) is 59.7 Å². The number of ether oxygens (including phenoxy) is 1. The Morgan fingerprint density at radius 2 is 1.56 bits per heavy atom. The van der Waals surface area contributed by atoms with E-state index in [1.54, 1.807) is 0 Å². The van der Waals surface area contributed by atoms with E-state index >= 15 is 0 Å². The fourth-order valence-corrected chi connectivity index (χ4v) is 4.44. The lowest BCUT2D eigenvalue weighted by Crippen LogP contribution is -2.43. The monoisotopic (exact) mass is 460 g/mol. The van der Waals surface area contributed by atoms with Gasteiger partial charge in [0.15, 0.2) is 0 Å². The molecule has 2 aromatic rings. The van der Waals surface area contributed by atoms with Gasteiger partial charge in [-0.25, -0.2) is 22.3 Å². The molecule has 1 aliphatic carbocycles. The Morgan fingerprint density at radius 1 is 1.03 bits per heavy atom. The average Bonchev–Trinajstić information content (AvgIpc) is 3.07. The first-order valence-corrected chi connectivity index (χ1v) is 12.2. The number of carboxylic acids is 1. The van der Waals surface area contributed by atoms with Crippen LogP contribution in [-0.2, 0) is 19.6 Å². The maximum atomic E-state index is 12.7. The molecule has 8 nitrogen and oxygen atoms in total. The third kappa shape index (κ3) is 5.11. The molecule has 0 aromatic heterocycles. The van der Waals surface area contributed by atoms with Crippen LogP contribution in [0, 0.1) is 0 Å². The van der Waals surface area contributed by atoms with Crippen molar-refractivity contribution in [3.8, 4) is 11.1 Å². The summed E-state index contributed by atoms with van der Waals surface area (Å²) in [6, 6.07) is 14.8. The van der Waals surface area contributed by atoms with Crippen molar-refractivity contribution in [2.24, 2.45) is 0 Å². The first-order chi connectivity index (χ1) is 15.1. The van der Waals surface area contributed by atoms with Crippen LogP contribution in [0.3, 0.4) is 0 Å². The topological polar surface area (TPSA) is 104 Å². The van der Waals surface area contributed by atoms with Crippen molar-refractivity contribution in [2.45, 2.75) is 24.8 Å². The highest BCUT2D eigenvalue weighted by atomic mass is 32.2. The van der Waals surface area contributed by atoms with Gasteiger partial charge in [0.25, 0.3) is 0 Å². The van der Waals surface area contributed by atoms with Gasteiger partial charge in [-0.15, -0.1) is 0 Å². The summed E-state index contributed by atoms with van der Waals surface area (Å²) in [5.74, 6) is -1.28. The normalized spacial score (nSPS) is 14.0. The van der Waals surface area contributed by atoms with E-state index in [1.165, 1.54) is 14.1 Å². The minimum Gasteiger partial charge on any atom is -0.480 e. The summed E-state index contributed by atoms with van der Waals surface area (Å²) in [6.07, 6.45) is 0.762. The van der Waals surface area contributed by atoms with Gasteiger partial charge in [0.2, 0.25) is 10.0 Å². The second-order valence-corrected chi connectivity index (χ2v) is 10.1. The van der Waals surface area contributed by atoms with Crippen molar-refractivity contribution in [1.82, 2.24) is 9.21 Å². The van der Waals surface area contributed by atoms with E-state index in [9.17, 15) is 23.1 Å². The van der Waals surface area contributed by atoms with Crippen LogP contribution in [0.2, 0.25) is 0 Å². The Bertz CT molecular complexity index is 1060. The second-order valence-electron chi connectivity index (χ2n) is 8.00. The predicted molar refractivity (Wildman–Crippen MR) is 121 cm³/mol. The smallest absolute Gasteiger partial charge is 0.410 e. The van der Waals surface area contributed by atoms with Crippen LogP contribution in [0.15, 0.2) is 48.5 Å². The molecule has 1 atom stereocenters. The number of amides is 1. The molecule has 0 unspecified atom stereocenters. The summed E-state index contributed by atoms with van der Waals surface area (Å²) < 4.78 is 29.7. The molecule has 9 heteroatoms. The third-order valence-corrected chi connectivity index (χ3v) is 7.21. The fraction of sp³-hybridized carbons (Fsp3) is 0.391. The molecule has 32 heavy (non-hydrogen) atoms. The Hall–Kier alpha value is -2.91. The lowest BCUT2D eigenvalue weighted by atomic mass is 9.98. The molecule has 1 N–H and O–H groups in total. The van der Waals surface area contributed by atoms with Gasteiger partial charge >= 0.3 is 12.1 Å². The molecule has 172 valence electrons. The van der Waals surface area contributed by atoms with Gasteiger partial charge in [-0.1, -0.05) is 48.5 Å². The standard InChI is InChI=1S/C23H28N2O6S/c1-24(32(3,29)30)14-8-13-21(22(26)27)25(2)23(28)31-15-20-18-11-6-4-9-16(18)17-10-5-7-12-19(17)20/h4-7,9-12,20-21H,8,13-15H2,1-3H3,(H,26,27)/t21-/m0/s1. The Labute approximate surface area is 188 Å². The van der Waals surface area contributed by atoms with E-state index in [-0.39, 0.29) is 25.5 Å². The van der Waals surface area contributed by atoms with Crippen molar-refractivity contribution in [2.75, 3.05) is 33.5 Å². The van der Waals surface area contributed by atoms with Crippen molar-refractivity contribution >= 4 is 22.1 Å². The number of carbonyl (C=O) groups excluding carboxylic acids is 1. The van der Waals surface area contributed by atoms with Crippen molar-refractivity contribution < 1.29 is 27.9 Å². The summed E-state index contributed by atoms with van der Waals surface area (Å²) in [7, 11) is -0.526. The SMILES string of the molecule is CN(C(=O)OCC1c2ccccc2-c2ccccc21)[C@@H](CCCN(C)S(C)(=O)=O)C(=O)O. The molecule has 0 bridgehead atoms. The maximum absolute atomic E-state index is 12.7.